The van der Waals surface area contributed by atoms with Crippen molar-refractivity contribution in [3.63, 3.8) is 0 Å². The molecule has 0 aromatic heterocycles. The predicted octanol–water partition coefficient (Wildman–Crippen LogP) is 3.92. The molecule has 2 heteroatoms. The van der Waals surface area contributed by atoms with Crippen molar-refractivity contribution in [3.8, 4) is 0 Å². The van der Waals surface area contributed by atoms with Gasteiger partial charge < -0.3 is 4.90 Å². The molecule has 0 aliphatic heterocycles. The maximum Gasteiger partial charge on any atom is 0.126 e. The first-order valence-electron chi connectivity index (χ1n) is 5.68. The van der Waals surface area contributed by atoms with Crippen LogP contribution >= 0.6 is 0 Å². The van der Waals surface area contributed by atoms with E-state index < -0.39 is 0 Å². The van der Waals surface area contributed by atoms with Gasteiger partial charge in [-0.1, -0.05) is 12.7 Å². The van der Waals surface area contributed by atoms with Crippen LogP contribution in [-0.4, -0.2) is 19.0 Å². The van der Waals surface area contributed by atoms with E-state index in [-0.39, 0.29) is 5.82 Å². The van der Waals surface area contributed by atoms with Crippen LogP contribution in [0.25, 0.3) is 5.57 Å². The van der Waals surface area contributed by atoms with E-state index in [1.165, 1.54) is 0 Å². The summed E-state index contributed by atoms with van der Waals surface area (Å²) < 4.78 is 13.4. The molecule has 1 rings (SSSR count). The fourth-order valence-corrected chi connectivity index (χ4v) is 1.79. The van der Waals surface area contributed by atoms with Crippen LogP contribution < -0.4 is 0 Å². The van der Waals surface area contributed by atoms with Gasteiger partial charge in [0.15, 0.2) is 0 Å². The largest absolute Gasteiger partial charge is 0.378 e. The van der Waals surface area contributed by atoms with Gasteiger partial charge in [-0.15, -0.1) is 0 Å². The lowest BCUT2D eigenvalue weighted by atomic mass is 9.95. The Bertz CT molecular complexity index is 470. The topological polar surface area (TPSA) is 3.24 Å². The Morgan fingerprint density at radius 3 is 2.29 bits per heavy atom. The van der Waals surface area contributed by atoms with Crippen LogP contribution in [0.15, 0.2) is 30.5 Å². The van der Waals surface area contributed by atoms with Crippen molar-refractivity contribution in [2.75, 3.05) is 14.1 Å². The summed E-state index contributed by atoms with van der Waals surface area (Å²) >= 11 is 0. The molecule has 92 valence electrons. The van der Waals surface area contributed by atoms with Gasteiger partial charge in [0.25, 0.3) is 0 Å². The second kappa shape index (κ2) is 5.17. The molecule has 0 fully saturated rings. The predicted molar refractivity (Wildman–Crippen MR) is 72.4 cm³/mol. The average Bonchev–Trinajstić information content (AvgIpc) is 2.25. The third-order valence-electron chi connectivity index (χ3n) is 2.94. The van der Waals surface area contributed by atoms with Gasteiger partial charge in [-0.05, 0) is 49.6 Å². The van der Waals surface area contributed by atoms with E-state index in [0.717, 1.165) is 22.4 Å². The monoisotopic (exact) mass is 233 g/mol. The number of allylic oxidation sites excluding steroid dienone is 2. The lowest BCUT2D eigenvalue weighted by Gasteiger charge is -2.20. The second-order valence-corrected chi connectivity index (χ2v) is 4.46. The third-order valence-corrected chi connectivity index (χ3v) is 2.94. The molecular formula is C15H20FN. The third kappa shape index (κ3) is 2.76. The molecule has 0 N–H and O–H groups in total. The fourth-order valence-electron chi connectivity index (χ4n) is 1.79. The molecule has 1 aromatic rings. The van der Waals surface area contributed by atoms with Gasteiger partial charge in [-0.2, -0.15) is 0 Å². The Morgan fingerprint density at radius 1 is 1.24 bits per heavy atom. The summed E-state index contributed by atoms with van der Waals surface area (Å²) in [7, 11) is 3.91. The van der Waals surface area contributed by atoms with Crippen LogP contribution in [0.3, 0.4) is 0 Å². The van der Waals surface area contributed by atoms with Gasteiger partial charge in [0, 0.05) is 25.4 Å². The van der Waals surface area contributed by atoms with Crippen molar-refractivity contribution >= 4 is 5.57 Å². The van der Waals surface area contributed by atoms with Gasteiger partial charge in [-0.3, -0.25) is 0 Å². The van der Waals surface area contributed by atoms with E-state index in [0.29, 0.717) is 5.56 Å². The zero-order chi connectivity index (χ0) is 13.2. The molecule has 0 heterocycles. The lowest BCUT2D eigenvalue weighted by Crippen LogP contribution is -2.12. The molecule has 0 spiro atoms. The molecule has 0 aliphatic carbocycles. The van der Waals surface area contributed by atoms with Gasteiger partial charge >= 0.3 is 0 Å². The summed E-state index contributed by atoms with van der Waals surface area (Å²) in [6, 6.07) is 3.46. The van der Waals surface area contributed by atoms with Crippen molar-refractivity contribution in [1.82, 2.24) is 4.90 Å². The Kier molecular flexibility index (Phi) is 4.11. The molecular weight excluding hydrogens is 213 g/mol. The molecule has 0 aliphatic rings. The van der Waals surface area contributed by atoms with E-state index in [1.54, 1.807) is 13.0 Å². The number of benzene rings is 1. The highest BCUT2D eigenvalue weighted by atomic mass is 19.1. The number of hydrogen-bond acceptors (Lipinski definition) is 1. The van der Waals surface area contributed by atoms with Crippen LogP contribution in [0.1, 0.15) is 23.6 Å². The molecule has 0 bridgehead atoms. The average molecular weight is 233 g/mol. The summed E-state index contributed by atoms with van der Waals surface area (Å²) in [4.78, 5) is 1.97. The van der Waals surface area contributed by atoms with Crippen molar-refractivity contribution in [1.29, 1.82) is 0 Å². The van der Waals surface area contributed by atoms with Crippen molar-refractivity contribution in [2.24, 2.45) is 0 Å². The van der Waals surface area contributed by atoms with Gasteiger partial charge in [0.2, 0.25) is 0 Å². The molecule has 1 aromatic carbocycles. The fraction of sp³-hybridized carbons (Fsp3) is 0.333. The molecule has 1 nitrogen and oxygen atoms in total. The summed E-state index contributed by atoms with van der Waals surface area (Å²) in [5, 5.41) is 0. The molecule has 0 unspecified atom stereocenters. The molecule has 0 atom stereocenters. The summed E-state index contributed by atoms with van der Waals surface area (Å²) in [5.41, 5.74) is 4.63. The molecule has 0 amide bonds. The molecule has 0 saturated heterocycles. The van der Waals surface area contributed by atoms with Gasteiger partial charge in [0.05, 0.1) is 0 Å². The molecule has 0 saturated carbocycles. The van der Waals surface area contributed by atoms with Gasteiger partial charge in [0.1, 0.15) is 5.82 Å². The Morgan fingerprint density at radius 2 is 1.82 bits per heavy atom. The van der Waals surface area contributed by atoms with E-state index in [1.807, 2.05) is 45.0 Å². The minimum absolute atomic E-state index is 0.155. The number of aryl methyl sites for hydroxylation is 2. The summed E-state index contributed by atoms with van der Waals surface area (Å²) in [5.74, 6) is -0.155. The van der Waals surface area contributed by atoms with Crippen molar-refractivity contribution in [2.45, 2.75) is 20.8 Å². The highest BCUT2D eigenvalue weighted by Gasteiger charge is 2.11. The van der Waals surface area contributed by atoms with Crippen LogP contribution in [0.4, 0.5) is 4.39 Å². The number of rotatable bonds is 3. The van der Waals surface area contributed by atoms with Crippen molar-refractivity contribution in [3.05, 3.63) is 53.0 Å². The number of halogens is 1. The van der Waals surface area contributed by atoms with Crippen LogP contribution in [-0.2, 0) is 0 Å². The van der Waals surface area contributed by atoms with E-state index >= 15 is 0 Å². The number of hydrogen-bond donors (Lipinski definition) is 0. The number of likely N-dealkylation sites (N-methyl/N-ethyl adjacent to an activating group) is 1. The van der Waals surface area contributed by atoms with E-state index in [9.17, 15) is 4.39 Å². The minimum atomic E-state index is -0.155. The zero-order valence-corrected chi connectivity index (χ0v) is 11.3. The van der Waals surface area contributed by atoms with E-state index in [4.69, 9.17) is 0 Å². The Balaban J connectivity index is 3.32. The van der Waals surface area contributed by atoms with Crippen LogP contribution in [0.5, 0.6) is 0 Å². The maximum atomic E-state index is 13.4. The molecule has 17 heavy (non-hydrogen) atoms. The normalized spacial score (nSPS) is 11.5. The van der Waals surface area contributed by atoms with Crippen LogP contribution in [0.2, 0.25) is 0 Å². The highest BCUT2D eigenvalue weighted by molar-refractivity contribution is 5.79. The van der Waals surface area contributed by atoms with E-state index in [2.05, 4.69) is 6.58 Å². The first kappa shape index (κ1) is 13.5. The highest BCUT2D eigenvalue weighted by Crippen LogP contribution is 2.27. The number of nitrogens with zero attached hydrogens (tertiary/aromatic N) is 1. The van der Waals surface area contributed by atoms with Crippen molar-refractivity contribution < 1.29 is 4.39 Å². The smallest absolute Gasteiger partial charge is 0.126 e. The quantitative estimate of drug-likeness (QED) is 0.715. The minimum Gasteiger partial charge on any atom is -0.378 e. The lowest BCUT2D eigenvalue weighted by molar-refractivity contribution is 0.536. The first-order chi connectivity index (χ1) is 7.88. The Labute approximate surface area is 103 Å². The second-order valence-electron chi connectivity index (χ2n) is 4.46. The maximum absolute atomic E-state index is 13.4. The zero-order valence-electron chi connectivity index (χ0n) is 11.3. The SMILES string of the molecule is C=C(/C(=C/C)c1cc(C)c(F)cc1C)N(C)C. The Hall–Kier alpha value is -1.57. The summed E-state index contributed by atoms with van der Waals surface area (Å²) in [6.07, 6.45) is 2.02. The molecule has 0 radical (unpaired) electrons. The first-order valence-corrected chi connectivity index (χ1v) is 5.68. The van der Waals surface area contributed by atoms with Gasteiger partial charge in [-0.25, -0.2) is 4.39 Å². The summed E-state index contributed by atoms with van der Waals surface area (Å²) in [6.45, 7) is 9.74. The van der Waals surface area contributed by atoms with Crippen LogP contribution in [0, 0.1) is 19.7 Å². The standard InChI is InChI=1S/C15H20FN/c1-7-13(12(4)17(5)6)14-8-11(3)15(16)9-10(14)2/h7-9H,4H2,1-3,5-6H3/b13-7-.